The number of H-pyrrole nitrogens is 1. The molecule has 184 valence electrons. The fourth-order valence-electron chi connectivity index (χ4n) is 4.70. The molecule has 0 spiro atoms. The maximum atomic E-state index is 15.3. The van der Waals surface area contributed by atoms with Crippen LogP contribution in [0.3, 0.4) is 0 Å². The molecule has 4 aromatic heterocycles. The first kappa shape index (κ1) is 23.0. The van der Waals surface area contributed by atoms with Crippen LogP contribution in [0.25, 0.3) is 33.5 Å². The number of nitrogens with one attached hydrogen (secondary N) is 1. The predicted molar refractivity (Wildman–Crippen MR) is 139 cm³/mol. The minimum atomic E-state index is -0.715. The van der Waals surface area contributed by atoms with Gasteiger partial charge in [-0.05, 0) is 29.2 Å². The lowest BCUT2D eigenvalue weighted by atomic mass is 9.94. The summed E-state index contributed by atoms with van der Waals surface area (Å²) in [6.07, 6.45) is 4.47. The highest BCUT2D eigenvalue weighted by Gasteiger charge is 2.33. The Morgan fingerprint density at radius 3 is 2.69 bits per heavy atom. The standard InChI is InChI=1S/C27H27FN6OS/c1-27(2,3)22-8-17-13-34(26(35)24(17)36-22)12-16-6-5-15(7-20(16)28)23-19-9-21(18-10-31-33(4)11-18)32-25(19)30-14-29-23/h5-11,14,26,35H,12-13H2,1-4H3,(H,29,30,32). The normalized spacial score (nSPS) is 16.2. The molecule has 36 heavy (non-hydrogen) atoms. The van der Waals surface area contributed by atoms with Crippen LogP contribution in [0.4, 0.5) is 4.39 Å². The molecule has 2 N–H and O–H groups in total. The van der Waals surface area contributed by atoms with E-state index < -0.39 is 6.23 Å². The molecule has 1 aliphatic rings. The van der Waals surface area contributed by atoms with Gasteiger partial charge in [-0.15, -0.1) is 11.3 Å². The zero-order valence-corrected chi connectivity index (χ0v) is 21.4. The number of nitrogens with zero attached hydrogens (tertiary/aromatic N) is 5. The van der Waals surface area contributed by atoms with E-state index in [4.69, 9.17) is 0 Å². The third kappa shape index (κ3) is 3.93. The van der Waals surface area contributed by atoms with E-state index in [1.54, 1.807) is 28.3 Å². The molecule has 0 radical (unpaired) electrons. The van der Waals surface area contributed by atoms with Crippen LogP contribution in [-0.2, 0) is 25.6 Å². The summed E-state index contributed by atoms with van der Waals surface area (Å²) in [5, 5.41) is 16.0. The van der Waals surface area contributed by atoms with E-state index in [9.17, 15) is 5.11 Å². The molecule has 9 heteroatoms. The number of halogens is 1. The average molecular weight is 503 g/mol. The van der Waals surface area contributed by atoms with Crippen LogP contribution in [0.5, 0.6) is 0 Å². The Hall–Kier alpha value is -3.40. The maximum absolute atomic E-state index is 15.3. The molecule has 6 rings (SSSR count). The number of aromatic amines is 1. The van der Waals surface area contributed by atoms with Crippen molar-refractivity contribution in [3.05, 3.63) is 75.8 Å². The van der Waals surface area contributed by atoms with Crippen LogP contribution in [0.2, 0.25) is 0 Å². The fourth-order valence-corrected chi connectivity index (χ4v) is 5.95. The van der Waals surface area contributed by atoms with Gasteiger partial charge in [-0.25, -0.2) is 14.4 Å². The highest BCUT2D eigenvalue weighted by molar-refractivity contribution is 7.12. The van der Waals surface area contributed by atoms with Crippen molar-refractivity contribution < 1.29 is 9.50 Å². The molecule has 1 atom stereocenters. The summed E-state index contributed by atoms with van der Waals surface area (Å²) >= 11 is 1.65. The first-order valence-electron chi connectivity index (χ1n) is 11.8. The van der Waals surface area contributed by atoms with E-state index in [1.807, 2.05) is 30.3 Å². The summed E-state index contributed by atoms with van der Waals surface area (Å²) in [6.45, 7) is 7.46. The summed E-state index contributed by atoms with van der Waals surface area (Å²) in [7, 11) is 1.87. The number of aliphatic hydroxyl groups excluding tert-OH is 1. The van der Waals surface area contributed by atoms with Gasteiger partial charge in [0.05, 0.1) is 22.5 Å². The van der Waals surface area contributed by atoms with Gasteiger partial charge in [-0.2, -0.15) is 5.10 Å². The molecule has 1 aliphatic heterocycles. The molecule has 0 saturated carbocycles. The number of benzene rings is 1. The van der Waals surface area contributed by atoms with Gasteiger partial charge in [-0.1, -0.05) is 32.9 Å². The van der Waals surface area contributed by atoms with Crippen LogP contribution < -0.4 is 0 Å². The molecule has 0 amide bonds. The van der Waals surface area contributed by atoms with E-state index in [2.05, 4.69) is 46.9 Å². The highest BCUT2D eigenvalue weighted by atomic mass is 32.1. The van der Waals surface area contributed by atoms with E-state index in [1.165, 1.54) is 17.3 Å². The molecule has 0 aliphatic carbocycles. The number of fused-ring (bicyclic) bond motifs is 2. The molecular formula is C27H27FN6OS. The third-order valence-corrected chi connectivity index (χ3v) is 8.32. The molecule has 0 fully saturated rings. The van der Waals surface area contributed by atoms with Gasteiger partial charge in [0.2, 0.25) is 0 Å². The van der Waals surface area contributed by atoms with E-state index in [-0.39, 0.29) is 11.2 Å². The van der Waals surface area contributed by atoms with E-state index >= 15 is 4.39 Å². The van der Waals surface area contributed by atoms with Gasteiger partial charge in [-0.3, -0.25) is 9.58 Å². The highest BCUT2D eigenvalue weighted by Crippen LogP contribution is 2.42. The molecule has 1 aromatic carbocycles. The first-order chi connectivity index (χ1) is 17.2. The number of aromatic nitrogens is 5. The largest absolute Gasteiger partial charge is 0.373 e. The molecular weight excluding hydrogens is 475 g/mol. The Bertz CT molecular complexity index is 1590. The predicted octanol–water partition coefficient (Wildman–Crippen LogP) is 5.53. The Kier molecular flexibility index (Phi) is 5.33. The van der Waals surface area contributed by atoms with Crippen LogP contribution in [0.1, 0.15) is 47.9 Å². The summed E-state index contributed by atoms with van der Waals surface area (Å²) < 4.78 is 17.0. The van der Waals surface area contributed by atoms with Gasteiger partial charge < -0.3 is 10.1 Å². The van der Waals surface area contributed by atoms with Crippen molar-refractivity contribution in [3.63, 3.8) is 0 Å². The lowest BCUT2D eigenvalue weighted by molar-refractivity contribution is 0.00902. The van der Waals surface area contributed by atoms with Gasteiger partial charge in [0, 0.05) is 53.3 Å². The first-order valence-corrected chi connectivity index (χ1v) is 12.7. The Morgan fingerprint density at radius 2 is 2.00 bits per heavy atom. The van der Waals surface area contributed by atoms with Crippen molar-refractivity contribution >= 4 is 22.4 Å². The van der Waals surface area contributed by atoms with Gasteiger partial charge >= 0.3 is 0 Å². The van der Waals surface area contributed by atoms with Gasteiger partial charge in [0.25, 0.3) is 0 Å². The van der Waals surface area contributed by atoms with Crippen molar-refractivity contribution in [2.75, 3.05) is 0 Å². The lowest BCUT2D eigenvalue weighted by Crippen LogP contribution is -2.22. The monoisotopic (exact) mass is 502 g/mol. The molecule has 5 aromatic rings. The van der Waals surface area contributed by atoms with E-state index in [0.717, 1.165) is 27.1 Å². The van der Waals surface area contributed by atoms with Gasteiger partial charge in [0.1, 0.15) is 24.0 Å². The Morgan fingerprint density at radius 1 is 1.17 bits per heavy atom. The minimum absolute atomic E-state index is 0.0477. The summed E-state index contributed by atoms with van der Waals surface area (Å²) in [4.78, 5) is 16.2. The quantitative estimate of drug-likeness (QED) is 0.338. The fraction of sp³-hybridized carbons (Fsp3) is 0.296. The van der Waals surface area contributed by atoms with Crippen molar-refractivity contribution in [2.24, 2.45) is 7.05 Å². The number of aryl methyl sites for hydroxylation is 1. The minimum Gasteiger partial charge on any atom is -0.373 e. The van der Waals surface area contributed by atoms with Crippen molar-refractivity contribution in [2.45, 2.75) is 45.5 Å². The Labute approximate surface area is 212 Å². The van der Waals surface area contributed by atoms with Crippen LogP contribution in [-0.4, -0.2) is 34.7 Å². The number of thiophene rings is 1. The molecule has 0 saturated heterocycles. The maximum Gasteiger partial charge on any atom is 0.143 e. The molecule has 7 nitrogen and oxygen atoms in total. The van der Waals surface area contributed by atoms with Crippen LogP contribution in [0.15, 0.2) is 49.1 Å². The van der Waals surface area contributed by atoms with Crippen LogP contribution >= 0.6 is 11.3 Å². The summed E-state index contributed by atoms with van der Waals surface area (Å²) in [5.41, 5.74) is 5.56. The number of rotatable bonds is 4. The second kappa shape index (κ2) is 8.33. The number of aliphatic hydroxyl groups is 1. The smallest absolute Gasteiger partial charge is 0.143 e. The number of hydrogen-bond acceptors (Lipinski definition) is 6. The lowest BCUT2D eigenvalue weighted by Gasteiger charge is -2.22. The SMILES string of the molecule is Cn1cc(-c2cc3c(-c4ccc(CN5Cc6cc(C(C)(C)C)sc6C5O)c(F)c4)ncnc3[nH]2)cn1. The van der Waals surface area contributed by atoms with Crippen molar-refractivity contribution in [3.8, 4) is 22.5 Å². The second-order valence-electron chi connectivity index (χ2n) is 10.4. The summed E-state index contributed by atoms with van der Waals surface area (Å²) in [5.74, 6) is -0.319. The zero-order chi connectivity index (χ0) is 25.2. The molecule has 1 unspecified atom stereocenters. The second-order valence-corrected chi connectivity index (χ2v) is 11.5. The average Bonchev–Trinajstić information content (AvgIpc) is 3.59. The van der Waals surface area contributed by atoms with Crippen molar-refractivity contribution in [1.82, 2.24) is 29.6 Å². The summed E-state index contributed by atoms with van der Waals surface area (Å²) in [6, 6.07) is 9.33. The Balaban J connectivity index is 1.26. The number of hydrogen-bond donors (Lipinski definition) is 2. The topological polar surface area (TPSA) is 82.9 Å². The van der Waals surface area contributed by atoms with E-state index in [0.29, 0.717) is 35.6 Å². The molecule has 5 heterocycles. The van der Waals surface area contributed by atoms with Crippen LogP contribution in [0, 0.1) is 5.82 Å². The van der Waals surface area contributed by atoms with Crippen molar-refractivity contribution in [1.29, 1.82) is 0 Å². The molecule has 0 bridgehead atoms. The third-order valence-electron chi connectivity index (χ3n) is 6.68. The van der Waals surface area contributed by atoms with Gasteiger partial charge in [0.15, 0.2) is 0 Å². The zero-order valence-electron chi connectivity index (χ0n) is 20.6.